The smallest absolute Gasteiger partial charge is 0.228 e. The van der Waals surface area contributed by atoms with Gasteiger partial charge in [0.05, 0.1) is 0 Å². The molecule has 1 aromatic carbocycles. The highest BCUT2D eigenvalue weighted by Gasteiger charge is 2.19. The summed E-state index contributed by atoms with van der Waals surface area (Å²) in [5.74, 6) is 0.941. The number of hydrogen-bond acceptors (Lipinski definition) is 4. The first-order valence-corrected chi connectivity index (χ1v) is 7.76. The number of rotatable bonds is 5. The van der Waals surface area contributed by atoms with Crippen LogP contribution in [0.5, 0.6) is 5.88 Å². The molecule has 2 aromatic rings. The zero-order valence-electron chi connectivity index (χ0n) is 12.8. The van der Waals surface area contributed by atoms with Gasteiger partial charge in [0.1, 0.15) is 18.8 Å². The first kappa shape index (κ1) is 15.2. The number of anilines is 1. The summed E-state index contributed by atoms with van der Waals surface area (Å²) in [7, 11) is 0. The SMILES string of the molecule is O=C(Nc1cc(OCc2ccccc2)ncn1)C1CC=CCC1. The van der Waals surface area contributed by atoms with Gasteiger partial charge in [0.2, 0.25) is 11.8 Å². The Morgan fingerprint density at radius 1 is 1.22 bits per heavy atom. The van der Waals surface area contributed by atoms with Crippen LogP contribution in [-0.2, 0) is 11.4 Å². The molecule has 5 nitrogen and oxygen atoms in total. The molecular formula is C18H19N3O2. The molecule has 0 radical (unpaired) electrons. The highest BCUT2D eigenvalue weighted by atomic mass is 16.5. The number of amides is 1. The van der Waals surface area contributed by atoms with Crippen LogP contribution in [0.1, 0.15) is 24.8 Å². The summed E-state index contributed by atoms with van der Waals surface area (Å²) in [6, 6.07) is 11.5. The van der Waals surface area contributed by atoms with E-state index < -0.39 is 0 Å². The van der Waals surface area contributed by atoms with Gasteiger partial charge in [-0.15, -0.1) is 0 Å². The van der Waals surface area contributed by atoms with Crippen molar-refractivity contribution in [3.8, 4) is 5.88 Å². The van der Waals surface area contributed by atoms with Crippen molar-refractivity contribution in [3.05, 3.63) is 60.4 Å². The van der Waals surface area contributed by atoms with Crippen molar-refractivity contribution in [3.63, 3.8) is 0 Å². The van der Waals surface area contributed by atoms with Gasteiger partial charge in [-0.05, 0) is 24.8 Å². The van der Waals surface area contributed by atoms with Gasteiger partial charge in [0, 0.05) is 12.0 Å². The molecule has 1 amide bonds. The molecule has 1 unspecified atom stereocenters. The van der Waals surface area contributed by atoms with Crippen LogP contribution in [0.3, 0.4) is 0 Å². The Labute approximate surface area is 135 Å². The molecule has 3 rings (SSSR count). The van der Waals surface area contributed by atoms with Crippen molar-refractivity contribution in [2.45, 2.75) is 25.9 Å². The number of carbonyl (C=O) groups is 1. The number of benzene rings is 1. The summed E-state index contributed by atoms with van der Waals surface area (Å²) < 4.78 is 5.65. The number of hydrogen-bond donors (Lipinski definition) is 1. The number of ether oxygens (including phenoxy) is 1. The Morgan fingerprint density at radius 3 is 2.87 bits per heavy atom. The molecule has 1 heterocycles. The maximum absolute atomic E-state index is 12.2. The molecule has 1 aromatic heterocycles. The first-order valence-electron chi connectivity index (χ1n) is 7.76. The Morgan fingerprint density at radius 2 is 2.09 bits per heavy atom. The third-order valence-electron chi connectivity index (χ3n) is 3.76. The number of carbonyl (C=O) groups excluding carboxylic acids is 1. The predicted molar refractivity (Wildman–Crippen MR) is 87.9 cm³/mol. The van der Waals surface area contributed by atoms with Gasteiger partial charge < -0.3 is 10.1 Å². The molecule has 1 N–H and O–H groups in total. The van der Waals surface area contributed by atoms with E-state index in [1.54, 1.807) is 6.07 Å². The average molecular weight is 309 g/mol. The molecule has 0 aliphatic heterocycles. The molecule has 1 aliphatic rings. The van der Waals surface area contributed by atoms with E-state index in [4.69, 9.17) is 4.74 Å². The van der Waals surface area contributed by atoms with Crippen LogP contribution in [-0.4, -0.2) is 15.9 Å². The van der Waals surface area contributed by atoms with Crippen LogP contribution in [0.25, 0.3) is 0 Å². The molecule has 0 fully saturated rings. The zero-order chi connectivity index (χ0) is 15.9. The Hall–Kier alpha value is -2.69. The summed E-state index contributed by atoms with van der Waals surface area (Å²) >= 11 is 0. The van der Waals surface area contributed by atoms with Gasteiger partial charge in [-0.1, -0.05) is 42.5 Å². The van der Waals surface area contributed by atoms with E-state index in [2.05, 4.69) is 27.4 Å². The normalized spacial score (nSPS) is 16.8. The van der Waals surface area contributed by atoms with Crippen molar-refractivity contribution in [2.24, 2.45) is 5.92 Å². The van der Waals surface area contributed by atoms with Crippen LogP contribution < -0.4 is 10.1 Å². The molecule has 0 bridgehead atoms. The lowest BCUT2D eigenvalue weighted by Crippen LogP contribution is -2.24. The largest absolute Gasteiger partial charge is 0.473 e. The van der Waals surface area contributed by atoms with Crippen molar-refractivity contribution < 1.29 is 9.53 Å². The Balaban J connectivity index is 1.58. The number of allylic oxidation sites excluding steroid dienone is 2. The van der Waals surface area contributed by atoms with Gasteiger partial charge in [0.15, 0.2) is 0 Å². The topological polar surface area (TPSA) is 64.1 Å². The molecule has 0 saturated carbocycles. The second-order valence-corrected chi connectivity index (χ2v) is 5.49. The van der Waals surface area contributed by atoms with Crippen molar-refractivity contribution in [2.75, 3.05) is 5.32 Å². The summed E-state index contributed by atoms with van der Waals surface area (Å²) in [6.45, 7) is 0.429. The molecule has 118 valence electrons. The van der Waals surface area contributed by atoms with Crippen LogP contribution in [0.4, 0.5) is 5.82 Å². The minimum absolute atomic E-state index is 0.00191. The molecule has 0 saturated heterocycles. The van der Waals surface area contributed by atoms with E-state index in [0.717, 1.165) is 24.8 Å². The highest BCUT2D eigenvalue weighted by Crippen LogP contribution is 2.20. The quantitative estimate of drug-likeness (QED) is 0.860. The monoisotopic (exact) mass is 309 g/mol. The first-order chi connectivity index (χ1) is 11.3. The minimum atomic E-state index is 0.00191. The molecule has 5 heteroatoms. The second kappa shape index (κ2) is 7.54. The van der Waals surface area contributed by atoms with Crippen LogP contribution in [0.15, 0.2) is 54.9 Å². The summed E-state index contributed by atoms with van der Waals surface area (Å²) in [6.07, 6.45) is 8.19. The minimum Gasteiger partial charge on any atom is -0.473 e. The number of nitrogens with zero attached hydrogens (tertiary/aromatic N) is 2. The standard InChI is InChI=1S/C18H19N3O2/c22-18(15-9-5-2-6-10-15)21-16-11-17(20-13-19-16)23-12-14-7-3-1-4-8-14/h1-5,7-8,11,13,15H,6,9-10,12H2,(H,19,20,21,22). The van der Waals surface area contributed by atoms with E-state index >= 15 is 0 Å². The van der Waals surface area contributed by atoms with Crippen LogP contribution in [0.2, 0.25) is 0 Å². The number of nitrogens with one attached hydrogen (secondary N) is 1. The number of aromatic nitrogens is 2. The van der Waals surface area contributed by atoms with Gasteiger partial charge in [0.25, 0.3) is 0 Å². The van der Waals surface area contributed by atoms with E-state index in [9.17, 15) is 4.79 Å². The Kier molecular flexibility index (Phi) is 4.99. The fraction of sp³-hybridized carbons (Fsp3) is 0.278. The van der Waals surface area contributed by atoms with E-state index in [-0.39, 0.29) is 11.8 Å². The maximum Gasteiger partial charge on any atom is 0.228 e. The van der Waals surface area contributed by atoms with Crippen LogP contribution in [0, 0.1) is 5.92 Å². The third-order valence-corrected chi connectivity index (χ3v) is 3.76. The highest BCUT2D eigenvalue weighted by molar-refractivity contribution is 5.91. The van der Waals surface area contributed by atoms with Gasteiger partial charge in [-0.3, -0.25) is 4.79 Å². The molecule has 1 atom stereocenters. The predicted octanol–water partition coefficient (Wildman–Crippen LogP) is 3.35. The van der Waals surface area contributed by atoms with Crippen molar-refractivity contribution in [1.29, 1.82) is 0 Å². The lowest BCUT2D eigenvalue weighted by Gasteiger charge is -2.16. The lowest BCUT2D eigenvalue weighted by atomic mass is 9.94. The fourth-order valence-corrected chi connectivity index (χ4v) is 2.48. The summed E-state index contributed by atoms with van der Waals surface area (Å²) in [5.41, 5.74) is 1.06. The van der Waals surface area contributed by atoms with Crippen molar-refractivity contribution in [1.82, 2.24) is 9.97 Å². The van der Waals surface area contributed by atoms with E-state index in [0.29, 0.717) is 18.3 Å². The van der Waals surface area contributed by atoms with Gasteiger partial charge in [-0.25, -0.2) is 9.97 Å². The molecule has 23 heavy (non-hydrogen) atoms. The van der Waals surface area contributed by atoms with Crippen molar-refractivity contribution >= 4 is 11.7 Å². The molecular weight excluding hydrogens is 290 g/mol. The second-order valence-electron chi connectivity index (χ2n) is 5.49. The summed E-state index contributed by atoms with van der Waals surface area (Å²) in [4.78, 5) is 20.4. The van der Waals surface area contributed by atoms with Gasteiger partial charge in [-0.2, -0.15) is 0 Å². The summed E-state index contributed by atoms with van der Waals surface area (Å²) in [5, 5.41) is 2.85. The maximum atomic E-state index is 12.2. The molecule has 1 aliphatic carbocycles. The third kappa shape index (κ3) is 4.39. The zero-order valence-corrected chi connectivity index (χ0v) is 12.8. The average Bonchev–Trinajstić information content (AvgIpc) is 2.62. The van der Waals surface area contributed by atoms with Gasteiger partial charge >= 0.3 is 0 Å². The van der Waals surface area contributed by atoms with E-state index in [1.807, 2.05) is 30.3 Å². The Bertz CT molecular complexity index is 686. The van der Waals surface area contributed by atoms with Crippen LogP contribution >= 0.6 is 0 Å². The fourth-order valence-electron chi connectivity index (χ4n) is 2.48. The molecule has 0 spiro atoms. The lowest BCUT2D eigenvalue weighted by molar-refractivity contribution is -0.120. The van der Waals surface area contributed by atoms with E-state index in [1.165, 1.54) is 6.33 Å².